The van der Waals surface area contributed by atoms with Gasteiger partial charge in [-0.1, -0.05) is 18.2 Å². The third-order valence-corrected chi connectivity index (χ3v) is 4.81. The number of pyridine rings is 2. The van der Waals surface area contributed by atoms with E-state index in [9.17, 15) is 4.79 Å². The van der Waals surface area contributed by atoms with Gasteiger partial charge >= 0.3 is 0 Å². The number of nitrogens with zero attached hydrogens (tertiary/aromatic N) is 4. The van der Waals surface area contributed by atoms with E-state index in [0.717, 1.165) is 16.5 Å². The second-order valence-corrected chi connectivity index (χ2v) is 6.74. The van der Waals surface area contributed by atoms with Gasteiger partial charge in [-0.3, -0.25) is 14.9 Å². The molecule has 148 valence electrons. The molecule has 0 aliphatic heterocycles. The molecule has 3 heterocycles. The molecule has 0 fully saturated rings. The number of H-pyrrole nitrogens is 1. The number of hydrogen-bond donors (Lipinski definition) is 3. The van der Waals surface area contributed by atoms with E-state index in [0.29, 0.717) is 41.9 Å². The molecule has 0 spiro atoms. The van der Waals surface area contributed by atoms with Crippen LogP contribution in [0.2, 0.25) is 0 Å². The predicted molar refractivity (Wildman–Crippen MR) is 113 cm³/mol. The number of amides is 1. The van der Waals surface area contributed by atoms with Gasteiger partial charge < -0.3 is 11.1 Å². The van der Waals surface area contributed by atoms with Gasteiger partial charge in [0.25, 0.3) is 5.91 Å². The number of anilines is 1. The van der Waals surface area contributed by atoms with Crippen LogP contribution in [0.4, 0.5) is 5.82 Å². The Kier molecular flexibility index (Phi) is 5.35. The molecule has 8 nitrogen and oxygen atoms in total. The standard InChI is InChI=1S/C22H19N7O/c23-13-17-19(28-29-21(17)24)6-3-9-26-22(30)16-12-20(14-7-10-25-11-8-14)27-18-5-2-1-4-15(16)18/h1-2,4-5,7-8,10-12H,3,6,9H2,(H,26,30)(H3,24,28,29). The summed E-state index contributed by atoms with van der Waals surface area (Å²) >= 11 is 0. The van der Waals surface area contributed by atoms with Crippen molar-refractivity contribution in [3.05, 3.63) is 71.7 Å². The molecule has 0 saturated carbocycles. The summed E-state index contributed by atoms with van der Waals surface area (Å²) < 4.78 is 0. The highest BCUT2D eigenvalue weighted by atomic mass is 16.1. The molecule has 4 N–H and O–H groups in total. The van der Waals surface area contributed by atoms with Crippen LogP contribution >= 0.6 is 0 Å². The summed E-state index contributed by atoms with van der Waals surface area (Å²) in [5.41, 5.74) is 9.62. The van der Waals surface area contributed by atoms with Gasteiger partial charge in [0.1, 0.15) is 11.6 Å². The van der Waals surface area contributed by atoms with Crippen molar-refractivity contribution in [2.24, 2.45) is 0 Å². The number of para-hydroxylation sites is 1. The van der Waals surface area contributed by atoms with Crippen LogP contribution in [0.15, 0.2) is 54.9 Å². The van der Waals surface area contributed by atoms with Crippen LogP contribution in [0.5, 0.6) is 0 Å². The molecule has 0 aliphatic carbocycles. The maximum atomic E-state index is 12.9. The molecule has 0 atom stereocenters. The Balaban J connectivity index is 1.52. The van der Waals surface area contributed by atoms with Crippen LogP contribution in [0.25, 0.3) is 22.2 Å². The highest BCUT2D eigenvalue weighted by Crippen LogP contribution is 2.24. The Labute approximate surface area is 172 Å². The van der Waals surface area contributed by atoms with Gasteiger partial charge in [-0.2, -0.15) is 10.4 Å². The Morgan fingerprint density at radius 3 is 2.80 bits per heavy atom. The van der Waals surface area contributed by atoms with Gasteiger partial charge in [-0.15, -0.1) is 0 Å². The summed E-state index contributed by atoms with van der Waals surface area (Å²) in [4.78, 5) is 21.7. The topological polar surface area (TPSA) is 133 Å². The van der Waals surface area contributed by atoms with Crippen LogP contribution in [-0.2, 0) is 6.42 Å². The summed E-state index contributed by atoms with van der Waals surface area (Å²) in [6.45, 7) is 0.448. The summed E-state index contributed by atoms with van der Waals surface area (Å²) in [6.07, 6.45) is 4.60. The fourth-order valence-electron chi connectivity index (χ4n) is 3.30. The Morgan fingerprint density at radius 1 is 1.20 bits per heavy atom. The summed E-state index contributed by atoms with van der Waals surface area (Å²) in [7, 11) is 0. The fourth-order valence-corrected chi connectivity index (χ4v) is 3.30. The van der Waals surface area contributed by atoms with Gasteiger partial charge in [0.15, 0.2) is 5.82 Å². The summed E-state index contributed by atoms with van der Waals surface area (Å²) in [5.74, 6) is 0.0250. The largest absolute Gasteiger partial charge is 0.381 e. The first-order valence-corrected chi connectivity index (χ1v) is 9.48. The maximum Gasteiger partial charge on any atom is 0.252 e. The number of carbonyl (C=O) groups excluding carboxylic acids is 1. The predicted octanol–water partition coefficient (Wildman–Crippen LogP) is 2.84. The molecule has 1 amide bonds. The third kappa shape index (κ3) is 3.82. The van der Waals surface area contributed by atoms with Crippen LogP contribution < -0.4 is 11.1 Å². The number of nitriles is 1. The van der Waals surface area contributed by atoms with Gasteiger partial charge in [0.05, 0.1) is 22.5 Å². The lowest BCUT2D eigenvalue weighted by atomic mass is 10.0. The molecule has 0 saturated heterocycles. The first kappa shape index (κ1) is 19.1. The van der Waals surface area contributed by atoms with Crippen LogP contribution in [0.1, 0.15) is 28.0 Å². The van der Waals surface area contributed by atoms with Gasteiger partial charge in [-0.25, -0.2) is 4.98 Å². The molecular formula is C22H19N7O. The first-order chi connectivity index (χ1) is 14.7. The molecule has 8 heteroatoms. The lowest BCUT2D eigenvalue weighted by molar-refractivity contribution is 0.0955. The number of aromatic amines is 1. The minimum atomic E-state index is -0.173. The number of carbonyl (C=O) groups is 1. The lowest BCUT2D eigenvalue weighted by Gasteiger charge is -2.10. The summed E-state index contributed by atoms with van der Waals surface area (Å²) in [6, 6.07) is 15.1. The van der Waals surface area contributed by atoms with E-state index < -0.39 is 0 Å². The van der Waals surface area contributed by atoms with Crippen molar-refractivity contribution in [2.75, 3.05) is 12.3 Å². The van der Waals surface area contributed by atoms with E-state index in [1.54, 1.807) is 18.5 Å². The average molecular weight is 397 g/mol. The van der Waals surface area contributed by atoms with Gasteiger partial charge in [0.2, 0.25) is 0 Å². The zero-order chi connectivity index (χ0) is 20.9. The van der Waals surface area contributed by atoms with E-state index >= 15 is 0 Å². The first-order valence-electron chi connectivity index (χ1n) is 9.48. The van der Waals surface area contributed by atoms with Crippen molar-refractivity contribution in [2.45, 2.75) is 12.8 Å². The quantitative estimate of drug-likeness (QED) is 0.428. The molecule has 1 aromatic carbocycles. The molecule has 0 radical (unpaired) electrons. The van der Waals surface area contributed by atoms with Crippen molar-refractivity contribution >= 4 is 22.6 Å². The number of aryl methyl sites for hydroxylation is 1. The van der Waals surface area contributed by atoms with Gasteiger partial charge in [-0.05, 0) is 37.1 Å². The van der Waals surface area contributed by atoms with Crippen LogP contribution in [-0.4, -0.2) is 32.6 Å². The SMILES string of the molecule is N#Cc1c(N)n[nH]c1CCCNC(=O)c1cc(-c2ccncc2)nc2ccccc12. The Morgan fingerprint density at radius 2 is 2.00 bits per heavy atom. The molecule has 3 aromatic heterocycles. The second kappa shape index (κ2) is 8.41. The number of nitrogens with one attached hydrogen (secondary N) is 2. The fraction of sp³-hybridized carbons (Fsp3) is 0.136. The van der Waals surface area contributed by atoms with Crippen molar-refractivity contribution in [1.29, 1.82) is 5.26 Å². The normalized spacial score (nSPS) is 10.6. The molecule has 4 rings (SSSR count). The zero-order valence-electron chi connectivity index (χ0n) is 16.1. The number of fused-ring (bicyclic) bond motifs is 1. The number of rotatable bonds is 6. The zero-order valence-corrected chi connectivity index (χ0v) is 16.1. The van der Waals surface area contributed by atoms with Crippen molar-refractivity contribution in [3.63, 3.8) is 0 Å². The van der Waals surface area contributed by atoms with E-state index in [2.05, 4.69) is 25.5 Å². The van der Waals surface area contributed by atoms with Crippen molar-refractivity contribution in [1.82, 2.24) is 25.5 Å². The van der Waals surface area contributed by atoms with E-state index in [-0.39, 0.29) is 11.7 Å². The lowest BCUT2D eigenvalue weighted by Crippen LogP contribution is -2.25. The molecule has 30 heavy (non-hydrogen) atoms. The number of nitrogen functional groups attached to an aromatic ring is 1. The molecule has 0 unspecified atom stereocenters. The van der Waals surface area contributed by atoms with E-state index in [4.69, 9.17) is 11.0 Å². The number of nitrogens with two attached hydrogens (primary N) is 1. The second-order valence-electron chi connectivity index (χ2n) is 6.74. The Hall–Kier alpha value is -4.25. The third-order valence-electron chi connectivity index (χ3n) is 4.81. The van der Waals surface area contributed by atoms with Crippen LogP contribution in [0, 0.1) is 11.3 Å². The highest BCUT2D eigenvalue weighted by Gasteiger charge is 2.14. The number of benzene rings is 1. The van der Waals surface area contributed by atoms with Crippen LogP contribution in [0.3, 0.4) is 0 Å². The smallest absolute Gasteiger partial charge is 0.252 e. The monoisotopic (exact) mass is 397 g/mol. The molecular weight excluding hydrogens is 378 g/mol. The van der Waals surface area contributed by atoms with Crippen molar-refractivity contribution in [3.8, 4) is 17.3 Å². The molecule has 4 aromatic rings. The number of aromatic nitrogens is 4. The van der Waals surface area contributed by atoms with E-state index in [1.807, 2.05) is 42.5 Å². The van der Waals surface area contributed by atoms with E-state index in [1.165, 1.54) is 0 Å². The Bertz CT molecular complexity index is 1240. The highest BCUT2D eigenvalue weighted by molar-refractivity contribution is 6.07. The maximum absolute atomic E-state index is 12.9. The molecule has 0 bridgehead atoms. The summed E-state index contributed by atoms with van der Waals surface area (Å²) in [5, 5.41) is 19.5. The number of hydrogen-bond acceptors (Lipinski definition) is 6. The average Bonchev–Trinajstić information content (AvgIpc) is 3.15. The minimum absolute atomic E-state index is 0.173. The van der Waals surface area contributed by atoms with Gasteiger partial charge in [0, 0.05) is 29.9 Å². The van der Waals surface area contributed by atoms with Crippen molar-refractivity contribution < 1.29 is 4.79 Å². The molecule has 0 aliphatic rings. The minimum Gasteiger partial charge on any atom is -0.381 e.